The van der Waals surface area contributed by atoms with Gasteiger partial charge in [0.05, 0.1) is 14.2 Å². The number of ether oxygens (including phenoxy) is 2. The molecule has 4 heteroatoms. The molecule has 0 saturated carbocycles. The molecule has 1 atom stereocenters. The third kappa shape index (κ3) is 2.55. The van der Waals surface area contributed by atoms with Gasteiger partial charge in [-0.05, 0) is 27.1 Å². The van der Waals surface area contributed by atoms with Crippen molar-refractivity contribution in [3.05, 3.63) is 23.3 Å². The minimum Gasteiger partial charge on any atom is -0.496 e. The van der Waals surface area contributed by atoms with Crippen LogP contribution in [0.4, 0.5) is 0 Å². The van der Waals surface area contributed by atoms with Crippen LogP contribution in [0.5, 0.6) is 11.5 Å². The Morgan fingerprint density at radius 2 is 1.89 bits per heavy atom. The van der Waals surface area contributed by atoms with Crippen LogP contribution in [0.1, 0.15) is 17.2 Å². The van der Waals surface area contributed by atoms with Crippen LogP contribution in [0.3, 0.4) is 0 Å². The summed E-state index contributed by atoms with van der Waals surface area (Å²) in [6, 6.07) is 4.55. The van der Waals surface area contributed by atoms with E-state index < -0.39 is 0 Å². The van der Waals surface area contributed by atoms with E-state index in [1.807, 2.05) is 13.0 Å². The fraction of sp³-hybridized carbons (Fsp3) is 0.600. The lowest BCUT2D eigenvalue weighted by molar-refractivity contribution is 0.157. The summed E-state index contributed by atoms with van der Waals surface area (Å²) in [5.41, 5.74) is 2.32. The summed E-state index contributed by atoms with van der Waals surface area (Å²) in [6.45, 7) is 4.18. The second-order valence-electron chi connectivity index (χ2n) is 5.34. The van der Waals surface area contributed by atoms with Gasteiger partial charge in [-0.1, -0.05) is 6.07 Å². The maximum atomic E-state index is 5.64. The lowest BCUT2D eigenvalue weighted by Gasteiger charge is -2.39. The number of nitrogens with zero attached hydrogens (tertiary/aromatic N) is 1. The van der Waals surface area contributed by atoms with Gasteiger partial charge in [0.25, 0.3) is 0 Å². The summed E-state index contributed by atoms with van der Waals surface area (Å²) in [6.07, 6.45) is 0. The van der Waals surface area contributed by atoms with Crippen molar-refractivity contribution in [3.63, 3.8) is 0 Å². The van der Waals surface area contributed by atoms with Crippen molar-refractivity contribution in [2.75, 3.05) is 41.4 Å². The maximum Gasteiger partial charge on any atom is 0.130 e. The fourth-order valence-electron chi connectivity index (χ4n) is 2.91. The predicted molar refractivity (Wildman–Crippen MR) is 77.1 cm³/mol. The van der Waals surface area contributed by atoms with E-state index in [4.69, 9.17) is 9.47 Å². The van der Waals surface area contributed by atoms with Crippen molar-refractivity contribution < 1.29 is 9.47 Å². The van der Waals surface area contributed by atoms with Crippen LogP contribution in [0.2, 0.25) is 0 Å². The van der Waals surface area contributed by atoms with Crippen LogP contribution in [-0.4, -0.2) is 46.3 Å². The molecule has 1 aliphatic heterocycles. The van der Waals surface area contributed by atoms with E-state index >= 15 is 0 Å². The zero-order valence-electron chi connectivity index (χ0n) is 12.5. The van der Waals surface area contributed by atoms with Gasteiger partial charge in [-0.3, -0.25) is 0 Å². The minimum atomic E-state index is 0.376. The van der Waals surface area contributed by atoms with Crippen LogP contribution in [0.15, 0.2) is 12.1 Å². The smallest absolute Gasteiger partial charge is 0.130 e. The Kier molecular flexibility index (Phi) is 4.32. The lowest BCUT2D eigenvalue weighted by atomic mass is 9.86. The Labute approximate surface area is 115 Å². The molecule has 0 bridgehead atoms. The Morgan fingerprint density at radius 1 is 1.21 bits per heavy atom. The van der Waals surface area contributed by atoms with Crippen LogP contribution in [0, 0.1) is 12.8 Å². The van der Waals surface area contributed by atoms with Crippen molar-refractivity contribution >= 4 is 0 Å². The second-order valence-corrected chi connectivity index (χ2v) is 5.34. The Morgan fingerprint density at radius 3 is 2.32 bits per heavy atom. The molecule has 1 aromatic carbocycles. The van der Waals surface area contributed by atoms with E-state index in [0.29, 0.717) is 12.0 Å². The number of rotatable bonds is 5. The van der Waals surface area contributed by atoms with Crippen molar-refractivity contribution in [1.82, 2.24) is 10.2 Å². The molecular formula is C15H24N2O2. The molecule has 1 aliphatic rings. The first-order valence-corrected chi connectivity index (χ1v) is 6.68. The standard InChI is InChI=1S/C15H24N2O2/c1-10-13(18-4)7-6-12(15(10)19-5)14(17(2)3)11-8-16-9-11/h6-7,11,14,16H,8-9H2,1-5H3. The predicted octanol–water partition coefficient (Wildman–Crippen LogP) is 1.83. The van der Waals surface area contributed by atoms with Gasteiger partial charge in [0.15, 0.2) is 0 Å². The van der Waals surface area contributed by atoms with Gasteiger partial charge in [-0.2, -0.15) is 0 Å². The monoisotopic (exact) mass is 264 g/mol. The van der Waals surface area contributed by atoms with Crippen LogP contribution >= 0.6 is 0 Å². The summed E-state index contributed by atoms with van der Waals surface area (Å²) >= 11 is 0. The molecule has 4 nitrogen and oxygen atoms in total. The highest BCUT2D eigenvalue weighted by Gasteiger charge is 2.32. The van der Waals surface area contributed by atoms with Crippen molar-refractivity contribution in [1.29, 1.82) is 0 Å². The number of hydrogen-bond acceptors (Lipinski definition) is 4. The number of nitrogens with one attached hydrogen (secondary N) is 1. The topological polar surface area (TPSA) is 33.7 Å². The SMILES string of the molecule is COc1ccc(C(C2CNC2)N(C)C)c(OC)c1C. The van der Waals surface area contributed by atoms with Crippen LogP contribution in [0.25, 0.3) is 0 Å². The summed E-state index contributed by atoms with van der Waals surface area (Å²) in [7, 11) is 7.68. The zero-order chi connectivity index (χ0) is 14.0. The summed E-state index contributed by atoms with van der Waals surface area (Å²) in [4.78, 5) is 2.27. The molecule has 0 amide bonds. The van der Waals surface area contributed by atoms with Gasteiger partial charge < -0.3 is 19.7 Å². The normalized spacial score (nSPS) is 17.2. The van der Waals surface area contributed by atoms with Gasteiger partial charge in [0, 0.05) is 36.2 Å². The minimum absolute atomic E-state index is 0.376. The number of benzene rings is 1. The van der Waals surface area contributed by atoms with Crippen LogP contribution < -0.4 is 14.8 Å². The molecule has 106 valence electrons. The average molecular weight is 264 g/mol. The molecule has 1 saturated heterocycles. The first-order valence-electron chi connectivity index (χ1n) is 6.68. The first kappa shape index (κ1) is 14.2. The molecule has 1 fully saturated rings. The molecule has 0 radical (unpaired) electrons. The van der Waals surface area contributed by atoms with Gasteiger partial charge in [-0.25, -0.2) is 0 Å². The molecular weight excluding hydrogens is 240 g/mol. The van der Waals surface area contributed by atoms with Crippen molar-refractivity contribution in [3.8, 4) is 11.5 Å². The fourth-order valence-corrected chi connectivity index (χ4v) is 2.91. The Bertz CT molecular complexity index is 442. The molecule has 0 aliphatic carbocycles. The summed E-state index contributed by atoms with van der Waals surface area (Å²) < 4.78 is 11.0. The van der Waals surface area contributed by atoms with E-state index in [-0.39, 0.29) is 0 Å². The molecule has 0 spiro atoms. The van der Waals surface area contributed by atoms with Crippen molar-refractivity contribution in [2.45, 2.75) is 13.0 Å². The third-order valence-corrected chi connectivity index (χ3v) is 3.95. The molecule has 2 rings (SSSR count). The molecule has 1 unspecified atom stereocenters. The summed E-state index contributed by atoms with van der Waals surface area (Å²) in [5, 5.41) is 3.35. The quantitative estimate of drug-likeness (QED) is 0.880. The maximum absolute atomic E-state index is 5.64. The van der Waals surface area contributed by atoms with E-state index in [1.54, 1.807) is 14.2 Å². The van der Waals surface area contributed by atoms with E-state index in [0.717, 1.165) is 30.2 Å². The number of methoxy groups -OCH3 is 2. The van der Waals surface area contributed by atoms with Gasteiger partial charge in [0.2, 0.25) is 0 Å². The molecule has 1 heterocycles. The lowest BCUT2D eigenvalue weighted by Crippen LogP contribution is -2.48. The molecule has 1 N–H and O–H groups in total. The van der Waals surface area contributed by atoms with Crippen LogP contribution in [-0.2, 0) is 0 Å². The highest BCUT2D eigenvalue weighted by molar-refractivity contribution is 5.50. The summed E-state index contributed by atoms with van der Waals surface area (Å²) in [5.74, 6) is 2.46. The van der Waals surface area contributed by atoms with Gasteiger partial charge in [0.1, 0.15) is 11.5 Å². The zero-order valence-corrected chi connectivity index (χ0v) is 12.5. The molecule has 19 heavy (non-hydrogen) atoms. The highest BCUT2D eigenvalue weighted by Crippen LogP contribution is 2.40. The van der Waals surface area contributed by atoms with Gasteiger partial charge >= 0.3 is 0 Å². The van der Waals surface area contributed by atoms with E-state index in [1.165, 1.54) is 5.56 Å². The number of hydrogen-bond donors (Lipinski definition) is 1. The second kappa shape index (κ2) is 5.80. The van der Waals surface area contributed by atoms with E-state index in [2.05, 4.69) is 30.4 Å². The molecule has 0 aromatic heterocycles. The van der Waals surface area contributed by atoms with E-state index in [9.17, 15) is 0 Å². The van der Waals surface area contributed by atoms with Gasteiger partial charge in [-0.15, -0.1) is 0 Å². The largest absolute Gasteiger partial charge is 0.496 e. The third-order valence-electron chi connectivity index (χ3n) is 3.95. The average Bonchev–Trinajstić information content (AvgIpc) is 2.32. The van der Waals surface area contributed by atoms with Crippen molar-refractivity contribution in [2.24, 2.45) is 5.92 Å². The first-order chi connectivity index (χ1) is 9.10. The Balaban J connectivity index is 2.44. The highest BCUT2D eigenvalue weighted by atomic mass is 16.5. The Hall–Kier alpha value is -1.26. The molecule has 1 aromatic rings.